The number of nitrogens with one attached hydrogen (secondary N) is 3. The van der Waals surface area contributed by atoms with Crippen LogP contribution in [-0.2, 0) is 19.4 Å². The van der Waals surface area contributed by atoms with Crippen molar-refractivity contribution in [1.29, 1.82) is 0 Å². The molecule has 0 aromatic carbocycles. The highest BCUT2D eigenvalue weighted by molar-refractivity contribution is 7.92. The second-order valence-corrected chi connectivity index (χ2v) is 9.86. The first-order valence-corrected chi connectivity index (χ1v) is 11.1. The number of carbonyl (C=O) groups is 3. The number of unbranched alkanes of at least 4 members (excludes halogenated alkanes) is 3. The highest BCUT2D eigenvalue weighted by Gasteiger charge is 2.58. The Bertz CT molecular complexity index is 680. The van der Waals surface area contributed by atoms with E-state index in [4.69, 9.17) is 5.11 Å². The molecule has 0 saturated carbocycles. The van der Waals surface area contributed by atoms with E-state index in [0.29, 0.717) is 38.6 Å². The Morgan fingerprint density at radius 3 is 2.59 bits per heavy atom. The first kappa shape index (κ1) is 21.5. The number of urea groups is 1. The quantitative estimate of drug-likeness (QED) is 0.293. The molecule has 154 valence electrons. The fraction of sp³-hybridized carbons (Fsp3) is 0.824. The normalized spacial score (nSPS) is 28.3. The van der Waals surface area contributed by atoms with Gasteiger partial charge < -0.3 is 21.1 Å². The molecule has 0 spiro atoms. The molecule has 2 aliphatic rings. The summed E-state index contributed by atoms with van der Waals surface area (Å²) in [4.78, 5) is 33.7. The summed E-state index contributed by atoms with van der Waals surface area (Å²) in [6.45, 7) is 2.27. The lowest BCUT2D eigenvalue weighted by molar-refractivity contribution is -0.137. The second kappa shape index (κ2) is 8.90. The van der Waals surface area contributed by atoms with E-state index in [1.54, 1.807) is 6.92 Å². The van der Waals surface area contributed by atoms with Crippen LogP contribution in [0.15, 0.2) is 0 Å². The van der Waals surface area contributed by atoms with Crippen LogP contribution < -0.4 is 16.0 Å². The van der Waals surface area contributed by atoms with Crippen molar-refractivity contribution in [2.24, 2.45) is 0 Å². The maximum absolute atomic E-state index is 12.4. The number of carboxylic acids is 1. The van der Waals surface area contributed by atoms with Gasteiger partial charge in [-0.1, -0.05) is 12.8 Å². The minimum atomic E-state index is -3.28. The fourth-order valence-electron chi connectivity index (χ4n) is 3.91. The van der Waals surface area contributed by atoms with Gasteiger partial charge in [0.2, 0.25) is 5.91 Å². The van der Waals surface area contributed by atoms with Crippen LogP contribution in [0.25, 0.3) is 0 Å². The Morgan fingerprint density at radius 1 is 1.19 bits per heavy atom. The number of hydrogen-bond donors (Lipinski definition) is 4. The molecule has 2 fully saturated rings. The van der Waals surface area contributed by atoms with Crippen LogP contribution in [0, 0.1) is 0 Å². The predicted molar refractivity (Wildman–Crippen MR) is 99.0 cm³/mol. The van der Waals surface area contributed by atoms with Gasteiger partial charge in [-0.05, 0) is 32.6 Å². The van der Waals surface area contributed by atoms with Gasteiger partial charge >= 0.3 is 12.0 Å². The molecule has 2 rings (SSSR count). The molecule has 3 atom stereocenters. The zero-order valence-electron chi connectivity index (χ0n) is 15.6. The predicted octanol–water partition coefficient (Wildman–Crippen LogP) is 0.545. The monoisotopic (exact) mass is 403 g/mol. The van der Waals surface area contributed by atoms with Crippen molar-refractivity contribution in [2.75, 3.05) is 12.3 Å². The zero-order valence-corrected chi connectivity index (χ0v) is 16.4. The van der Waals surface area contributed by atoms with Crippen LogP contribution in [0.4, 0.5) is 4.79 Å². The summed E-state index contributed by atoms with van der Waals surface area (Å²) in [6, 6.07) is -0.750. The molecule has 4 N–H and O–H groups in total. The minimum Gasteiger partial charge on any atom is -0.481 e. The molecule has 0 aromatic heterocycles. The van der Waals surface area contributed by atoms with Gasteiger partial charge in [-0.15, -0.1) is 0 Å². The highest BCUT2D eigenvalue weighted by atomic mass is 32.2. The number of sulfone groups is 1. The topological polar surface area (TPSA) is 142 Å². The number of rotatable bonds is 11. The SMILES string of the molecule is CC12CS(=O)(=O)[C@@H](CCCCC(=O)NCCCCCC(=O)O)[C@H]1NC(=O)N2. The number of carboxylic acid groups (broad SMARTS) is 1. The third kappa shape index (κ3) is 5.82. The van der Waals surface area contributed by atoms with E-state index in [1.165, 1.54) is 0 Å². The average molecular weight is 404 g/mol. The molecular weight excluding hydrogens is 374 g/mol. The largest absolute Gasteiger partial charge is 0.481 e. The smallest absolute Gasteiger partial charge is 0.315 e. The third-order valence-corrected chi connectivity index (χ3v) is 7.67. The Kier molecular flexibility index (Phi) is 7.07. The Labute approximate surface area is 159 Å². The van der Waals surface area contributed by atoms with Crippen molar-refractivity contribution < 1.29 is 27.9 Å². The molecule has 0 aliphatic carbocycles. The molecular formula is C17H29N3O6S. The van der Waals surface area contributed by atoms with Gasteiger partial charge in [0.05, 0.1) is 22.6 Å². The number of hydrogen-bond acceptors (Lipinski definition) is 5. The van der Waals surface area contributed by atoms with E-state index >= 15 is 0 Å². The molecule has 0 bridgehead atoms. The summed E-state index contributed by atoms with van der Waals surface area (Å²) in [7, 11) is -3.28. The van der Waals surface area contributed by atoms with Crippen LogP contribution in [-0.4, -0.2) is 60.6 Å². The lowest BCUT2D eigenvalue weighted by Crippen LogP contribution is -2.47. The molecule has 9 nitrogen and oxygen atoms in total. The second-order valence-electron chi connectivity index (χ2n) is 7.64. The van der Waals surface area contributed by atoms with Crippen LogP contribution in [0.5, 0.6) is 0 Å². The van der Waals surface area contributed by atoms with Gasteiger partial charge in [-0.2, -0.15) is 0 Å². The summed E-state index contributed by atoms with van der Waals surface area (Å²) in [6.07, 6.45) is 4.18. The van der Waals surface area contributed by atoms with Crippen LogP contribution in [0.1, 0.15) is 58.3 Å². The highest BCUT2D eigenvalue weighted by Crippen LogP contribution is 2.35. The summed E-state index contributed by atoms with van der Waals surface area (Å²) in [5, 5.41) is 16.1. The molecule has 1 unspecified atom stereocenters. The molecule has 2 saturated heterocycles. The van der Waals surface area contributed by atoms with E-state index in [-0.39, 0.29) is 24.1 Å². The van der Waals surface area contributed by atoms with Crippen molar-refractivity contribution in [3.8, 4) is 0 Å². The number of aliphatic carboxylic acids is 1. The van der Waals surface area contributed by atoms with E-state index in [1.807, 2.05) is 0 Å². The fourth-order valence-corrected chi connectivity index (χ4v) is 6.52. The Balaban J connectivity index is 1.63. The van der Waals surface area contributed by atoms with Gasteiger partial charge in [-0.3, -0.25) is 9.59 Å². The summed E-state index contributed by atoms with van der Waals surface area (Å²) < 4.78 is 24.8. The standard InChI is InChI=1S/C17H29N3O6S/c1-17-11-27(25,26)12(15(17)19-16(24)20-17)7-4-5-8-13(21)18-10-6-2-3-9-14(22)23/h12,15H,2-11H2,1H3,(H,18,21)(H,22,23)(H2,19,20,24)/t12-,15+,17?/m0/s1. The van der Waals surface area contributed by atoms with Crippen molar-refractivity contribution in [3.63, 3.8) is 0 Å². The summed E-state index contributed by atoms with van der Waals surface area (Å²) in [5.74, 6) is -0.948. The Morgan fingerprint density at radius 2 is 1.89 bits per heavy atom. The van der Waals surface area contributed by atoms with Gasteiger partial charge in [-0.25, -0.2) is 13.2 Å². The van der Waals surface area contributed by atoms with Crippen LogP contribution >= 0.6 is 0 Å². The number of carbonyl (C=O) groups excluding carboxylic acids is 2. The maximum atomic E-state index is 12.4. The first-order chi connectivity index (χ1) is 12.6. The summed E-state index contributed by atoms with van der Waals surface area (Å²) in [5.41, 5.74) is -0.751. The van der Waals surface area contributed by atoms with Gasteiger partial charge in [0.25, 0.3) is 0 Å². The van der Waals surface area contributed by atoms with E-state index in [0.717, 1.165) is 12.8 Å². The van der Waals surface area contributed by atoms with Crippen LogP contribution in [0.3, 0.4) is 0 Å². The van der Waals surface area contributed by atoms with E-state index < -0.39 is 32.6 Å². The van der Waals surface area contributed by atoms with Crippen molar-refractivity contribution in [1.82, 2.24) is 16.0 Å². The average Bonchev–Trinajstić information content (AvgIpc) is 2.91. The molecule has 2 aliphatic heterocycles. The van der Waals surface area contributed by atoms with Gasteiger partial charge in [0.15, 0.2) is 9.84 Å². The van der Waals surface area contributed by atoms with Gasteiger partial charge in [0, 0.05) is 19.4 Å². The molecule has 3 amide bonds. The maximum Gasteiger partial charge on any atom is 0.315 e. The first-order valence-electron chi connectivity index (χ1n) is 9.43. The molecule has 27 heavy (non-hydrogen) atoms. The van der Waals surface area contributed by atoms with Crippen LogP contribution in [0.2, 0.25) is 0 Å². The third-order valence-electron chi connectivity index (χ3n) is 5.24. The zero-order chi connectivity index (χ0) is 20.1. The lowest BCUT2D eigenvalue weighted by Gasteiger charge is -2.22. The Hall–Kier alpha value is -1.84. The minimum absolute atomic E-state index is 0.0591. The van der Waals surface area contributed by atoms with Gasteiger partial charge in [0.1, 0.15) is 0 Å². The number of amides is 3. The lowest BCUT2D eigenvalue weighted by atomic mass is 9.92. The number of fused-ring (bicyclic) bond motifs is 1. The van der Waals surface area contributed by atoms with E-state index in [9.17, 15) is 22.8 Å². The van der Waals surface area contributed by atoms with Crippen molar-refractivity contribution >= 4 is 27.7 Å². The van der Waals surface area contributed by atoms with Crippen molar-refractivity contribution in [2.45, 2.75) is 75.1 Å². The molecule has 0 radical (unpaired) electrons. The molecule has 0 aromatic rings. The molecule has 10 heteroatoms. The summed E-state index contributed by atoms with van der Waals surface area (Å²) >= 11 is 0. The van der Waals surface area contributed by atoms with E-state index in [2.05, 4.69) is 16.0 Å². The van der Waals surface area contributed by atoms with Crippen molar-refractivity contribution in [3.05, 3.63) is 0 Å². The molecule has 2 heterocycles.